The van der Waals surface area contributed by atoms with E-state index in [-0.39, 0.29) is 23.3 Å². The van der Waals surface area contributed by atoms with Gasteiger partial charge in [0.2, 0.25) is 5.91 Å². The summed E-state index contributed by atoms with van der Waals surface area (Å²) in [6.45, 7) is 4.72. The molecular weight excluding hydrogens is 614 g/mol. The van der Waals surface area contributed by atoms with E-state index in [1.54, 1.807) is 91.0 Å². The maximum absolute atomic E-state index is 13.4. The summed E-state index contributed by atoms with van der Waals surface area (Å²) in [7, 11) is 0. The summed E-state index contributed by atoms with van der Waals surface area (Å²) in [4.78, 5) is 51.8. The Labute approximate surface area is 278 Å². The van der Waals surface area contributed by atoms with Gasteiger partial charge in [-0.1, -0.05) is 49.7 Å². The first-order chi connectivity index (χ1) is 22.9. The Morgan fingerprint density at radius 1 is 0.745 bits per heavy atom. The highest BCUT2D eigenvalue weighted by atomic mass is 32.2. The smallest absolute Gasteiger partial charge is 0.338 e. The van der Waals surface area contributed by atoms with Crippen LogP contribution in [0.3, 0.4) is 0 Å². The molecule has 0 saturated carbocycles. The van der Waals surface area contributed by atoms with Crippen molar-refractivity contribution in [2.45, 2.75) is 31.6 Å². The molecule has 0 saturated heterocycles. The number of ether oxygens (including phenoxy) is 2. The van der Waals surface area contributed by atoms with Gasteiger partial charge in [0.25, 0.3) is 11.8 Å². The van der Waals surface area contributed by atoms with E-state index < -0.39 is 11.8 Å². The van der Waals surface area contributed by atoms with Crippen molar-refractivity contribution in [3.8, 4) is 5.75 Å². The third kappa shape index (κ3) is 10.9. The molecular formula is C37H37N3O6S. The molecule has 0 heterocycles. The zero-order valence-electron chi connectivity index (χ0n) is 26.3. The molecule has 4 aromatic rings. The van der Waals surface area contributed by atoms with Gasteiger partial charge in [-0.2, -0.15) is 0 Å². The molecule has 0 aliphatic heterocycles. The lowest BCUT2D eigenvalue weighted by atomic mass is 10.1. The minimum Gasteiger partial charge on any atom is -0.493 e. The number of unbranched alkanes of at least 4 members (excludes halogenated alkanes) is 1. The number of carbonyl (C=O) groups excluding carboxylic acids is 4. The number of hydrogen-bond acceptors (Lipinski definition) is 7. The Morgan fingerprint density at radius 2 is 1.40 bits per heavy atom. The minimum absolute atomic E-state index is 0.0440. The lowest BCUT2D eigenvalue weighted by Crippen LogP contribution is -2.30. The van der Waals surface area contributed by atoms with E-state index in [9.17, 15) is 19.2 Å². The maximum atomic E-state index is 13.4. The first kappa shape index (κ1) is 34.5. The third-order valence-electron chi connectivity index (χ3n) is 6.67. The monoisotopic (exact) mass is 651 g/mol. The van der Waals surface area contributed by atoms with E-state index >= 15 is 0 Å². The van der Waals surface area contributed by atoms with Gasteiger partial charge in [-0.05, 0) is 86.2 Å². The molecule has 3 N–H and O–H groups in total. The summed E-state index contributed by atoms with van der Waals surface area (Å²) in [5.41, 5.74) is 2.61. The van der Waals surface area contributed by atoms with Crippen molar-refractivity contribution in [1.29, 1.82) is 0 Å². The molecule has 0 atom stereocenters. The van der Waals surface area contributed by atoms with Crippen molar-refractivity contribution < 1.29 is 28.7 Å². The zero-order chi connectivity index (χ0) is 33.4. The summed E-state index contributed by atoms with van der Waals surface area (Å²) in [6, 6.07) is 29.5. The van der Waals surface area contributed by atoms with Crippen molar-refractivity contribution >= 4 is 52.9 Å². The van der Waals surface area contributed by atoms with Gasteiger partial charge in [0.15, 0.2) is 0 Å². The Hall–Kier alpha value is -5.35. The van der Waals surface area contributed by atoms with E-state index in [0.29, 0.717) is 47.0 Å². The number of rotatable bonds is 15. The summed E-state index contributed by atoms with van der Waals surface area (Å²) in [5.74, 6) is -0.791. The predicted octanol–water partition coefficient (Wildman–Crippen LogP) is 7.18. The van der Waals surface area contributed by atoms with E-state index in [4.69, 9.17) is 9.47 Å². The molecule has 47 heavy (non-hydrogen) atoms. The third-order valence-corrected chi connectivity index (χ3v) is 7.68. The van der Waals surface area contributed by atoms with Crippen LogP contribution in [-0.2, 0) is 14.3 Å². The van der Waals surface area contributed by atoms with E-state index in [1.807, 2.05) is 32.0 Å². The highest BCUT2D eigenvalue weighted by molar-refractivity contribution is 8.00. The molecule has 10 heteroatoms. The molecule has 0 radical (unpaired) electrons. The maximum Gasteiger partial charge on any atom is 0.338 e. The Kier molecular flexibility index (Phi) is 13.2. The van der Waals surface area contributed by atoms with Crippen molar-refractivity contribution in [3.05, 3.63) is 126 Å². The van der Waals surface area contributed by atoms with Crippen LogP contribution in [0.1, 0.15) is 53.0 Å². The number of nitrogens with one attached hydrogen (secondary N) is 3. The number of benzene rings is 4. The largest absolute Gasteiger partial charge is 0.493 e. The Balaban J connectivity index is 1.36. The minimum atomic E-state index is -0.513. The number of carbonyl (C=O) groups is 4. The lowest BCUT2D eigenvalue weighted by molar-refractivity contribution is -0.114. The second-order valence-electron chi connectivity index (χ2n) is 10.2. The number of amides is 3. The molecule has 4 aromatic carbocycles. The van der Waals surface area contributed by atoms with Crippen molar-refractivity contribution in [1.82, 2.24) is 5.32 Å². The van der Waals surface area contributed by atoms with Crippen LogP contribution < -0.4 is 20.7 Å². The van der Waals surface area contributed by atoms with Crippen molar-refractivity contribution in [2.75, 3.05) is 29.6 Å². The summed E-state index contributed by atoms with van der Waals surface area (Å²) in [5, 5.41) is 8.40. The van der Waals surface area contributed by atoms with E-state index in [0.717, 1.165) is 17.7 Å². The number of thioether (sulfide) groups is 1. The fraction of sp³-hybridized carbons (Fsp3) is 0.189. The lowest BCUT2D eigenvalue weighted by Gasteiger charge is -2.13. The number of para-hydroxylation sites is 1. The first-order valence-electron chi connectivity index (χ1n) is 15.3. The van der Waals surface area contributed by atoms with Crippen LogP contribution >= 0.6 is 11.8 Å². The predicted molar refractivity (Wildman–Crippen MR) is 186 cm³/mol. The molecule has 0 aliphatic rings. The molecule has 0 bridgehead atoms. The van der Waals surface area contributed by atoms with Crippen LogP contribution in [-0.4, -0.2) is 42.7 Å². The van der Waals surface area contributed by atoms with Gasteiger partial charge in [0, 0.05) is 27.4 Å². The van der Waals surface area contributed by atoms with Crippen LogP contribution in [0.15, 0.2) is 114 Å². The average molecular weight is 652 g/mol. The number of esters is 1. The van der Waals surface area contributed by atoms with Crippen molar-refractivity contribution in [3.63, 3.8) is 0 Å². The Bertz CT molecular complexity index is 1690. The van der Waals surface area contributed by atoms with Crippen LogP contribution in [0, 0.1) is 0 Å². The second-order valence-corrected chi connectivity index (χ2v) is 11.3. The van der Waals surface area contributed by atoms with Crippen molar-refractivity contribution in [2.24, 2.45) is 0 Å². The molecule has 0 unspecified atom stereocenters. The van der Waals surface area contributed by atoms with Gasteiger partial charge in [-0.25, -0.2) is 4.79 Å². The van der Waals surface area contributed by atoms with Gasteiger partial charge < -0.3 is 25.4 Å². The van der Waals surface area contributed by atoms with E-state index in [2.05, 4.69) is 16.0 Å². The van der Waals surface area contributed by atoms with Crippen LogP contribution in [0.2, 0.25) is 0 Å². The standard InChI is InChI=1S/C37H37N3O6S/c1-3-5-23-46-37(44)27-15-17-29(18-16-27)38-34(41)25-47-31-21-19-30(20-22-31)39-36(43)32(40-35(42)26-11-7-6-8-12-26)24-28-13-9-10-14-33(28)45-4-2/h6-22,24H,3-5,23,25H2,1-2H3,(H,38,41)(H,39,43)(H,40,42)/b32-24-. The molecule has 0 aliphatic carbocycles. The fourth-order valence-corrected chi connectivity index (χ4v) is 4.94. The summed E-state index contributed by atoms with van der Waals surface area (Å²) in [6.07, 6.45) is 3.33. The molecule has 3 amide bonds. The molecule has 4 rings (SSSR count). The molecule has 0 spiro atoms. The first-order valence-corrected chi connectivity index (χ1v) is 16.3. The highest BCUT2D eigenvalue weighted by Gasteiger charge is 2.16. The Morgan fingerprint density at radius 3 is 2.11 bits per heavy atom. The van der Waals surface area contributed by atoms with Gasteiger partial charge in [0.1, 0.15) is 11.4 Å². The quantitative estimate of drug-likeness (QED) is 0.0539. The molecule has 242 valence electrons. The fourth-order valence-electron chi connectivity index (χ4n) is 4.25. The van der Waals surface area contributed by atoms with Crippen LogP contribution in [0.25, 0.3) is 6.08 Å². The highest BCUT2D eigenvalue weighted by Crippen LogP contribution is 2.23. The zero-order valence-corrected chi connectivity index (χ0v) is 27.1. The molecule has 9 nitrogen and oxygen atoms in total. The number of hydrogen-bond donors (Lipinski definition) is 3. The number of anilines is 2. The molecule has 0 aromatic heterocycles. The normalized spacial score (nSPS) is 10.9. The van der Waals surface area contributed by atoms with E-state index in [1.165, 1.54) is 11.8 Å². The topological polar surface area (TPSA) is 123 Å². The van der Waals surface area contributed by atoms with Gasteiger partial charge in [-0.3, -0.25) is 14.4 Å². The average Bonchev–Trinajstić information content (AvgIpc) is 3.09. The van der Waals surface area contributed by atoms with Gasteiger partial charge >= 0.3 is 5.97 Å². The van der Waals surface area contributed by atoms with Gasteiger partial charge in [-0.15, -0.1) is 11.8 Å². The van der Waals surface area contributed by atoms with Crippen LogP contribution in [0.5, 0.6) is 5.75 Å². The summed E-state index contributed by atoms with van der Waals surface area (Å²) >= 11 is 1.33. The SMILES string of the molecule is CCCCOC(=O)c1ccc(NC(=O)CSc2ccc(NC(=O)/C(=C/c3ccccc3OCC)NC(=O)c3ccccc3)cc2)cc1. The van der Waals surface area contributed by atoms with Gasteiger partial charge in [0.05, 0.1) is 24.5 Å². The molecule has 0 fully saturated rings. The van der Waals surface area contributed by atoms with Crippen LogP contribution in [0.4, 0.5) is 11.4 Å². The second kappa shape index (κ2) is 18.0. The summed E-state index contributed by atoms with van der Waals surface area (Å²) < 4.78 is 10.9.